The topological polar surface area (TPSA) is 0 Å². The van der Waals surface area contributed by atoms with Crippen molar-refractivity contribution >= 4 is 9.52 Å². The summed E-state index contributed by atoms with van der Waals surface area (Å²) in [4.78, 5) is 0. The average molecular weight is 553 g/mol. The largest absolute Gasteiger partial charge is 4.00 e. The summed E-state index contributed by atoms with van der Waals surface area (Å²) in [6, 6.07) is 33.4. The third kappa shape index (κ3) is 13.9. The van der Waals surface area contributed by atoms with E-state index >= 15 is 0 Å². The number of aryl methyl sites for hydroxylation is 1. The molecule has 1 aliphatic carbocycles. The first kappa shape index (κ1) is 33.6. The molecule has 38 heavy (non-hydrogen) atoms. The van der Waals surface area contributed by atoms with Crippen molar-refractivity contribution in [3.63, 3.8) is 0 Å². The number of hydrogen-bond donors (Lipinski definition) is 0. The fraction of sp³-hybridized carbons (Fsp3) is 0.278. The Bertz CT molecular complexity index is 1030. The summed E-state index contributed by atoms with van der Waals surface area (Å²) < 4.78 is 0. The van der Waals surface area contributed by atoms with Gasteiger partial charge in [-0.2, -0.15) is 102 Å². The molecule has 0 aliphatic heterocycles. The van der Waals surface area contributed by atoms with Crippen LogP contribution in [0.1, 0.15) is 72.6 Å². The van der Waals surface area contributed by atoms with Crippen molar-refractivity contribution in [3.8, 4) is 0 Å². The van der Waals surface area contributed by atoms with Crippen LogP contribution in [0.15, 0.2) is 97.1 Å². The van der Waals surface area contributed by atoms with Gasteiger partial charge < -0.3 is 0 Å². The van der Waals surface area contributed by atoms with Crippen molar-refractivity contribution in [2.24, 2.45) is 0 Å². The second-order valence-electron chi connectivity index (χ2n) is 10.6. The summed E-state index contributed by atoms with van der Waals surface area (Å²) in [5.41, 5.74) is 9.86. The Hall–Kier alpha value is -2.45. The van der Waals surface area contributed by atoms with E-state index in [0.29, 0.717) is 5.04 Å². The second-order valence-corrected chi connectivity index (χ2v) is 12.8. The standard InChI is InChI=1S/C15H23Si.3C7H7.Ti/c1-11-9-12(10-16-15(2,3)4)14-8-6-5-7-13(11)14;3*1-7-5-3-2-4-6-7;/h9H,5-8,10H2,1-4H3;3*2-6H,1H2;/q4*-1;+4. The van der Waals surface area contributed by atoms with Gasteiger partial charge in [0.25, 0.3) is 0 Å². The molecule has 2 radical (unpaired) electrons. The van der Waals surface area contributed by atoms with Crippen molar-refractivity contribution in [2.75, 3.05) is 0 Å². The van der Waals surface area contributed by atoms with Gasteiger partial charge in [-0.1, -0.05) is 77.6 Å². The molecule has 0 saturated carbocycles. The molecule has 0 fully saturated rings. The summed E-state index contributed by atoms with van der Waals surface area (Å²) in [5.74, 6) is 0. The molecule has 196 valence electrons. The summed E-state index contributed by atoms with van der Waals surface area (Å²) in [5, 5.41) is 0.493. The molecular formula is C36H44SiTi. The first-order valence-corrected chi connectivity index (χ1v) is 14.5. The fourth-order valence-electron chi connectivity index (χ4n) is 4.08. The monoisotopic (exact) mass is 552 g/mol. The third-order valence-electron chi connectivity index (χ3n) is 6.06. The van der Waals surface area contributed by atoms with Crippen molar-refractivity contribution in [1.82, 2.24) is 0 Å². The van der Waals surface area contributed by atoms with E-state index in [2.05, 4.69) is 54.5 Å². The van der Waals surface area contributed by atoms with Crippen molar-refractivity contribution in [1.29, 1.82) is 0 Å². The molecule has 4 aromatic carbocycles. The Kier molecular flexibility index (Phi) is 15.9. The van der Waals surface area contributed by atoms with E-state index < -0.39 is 0 Å². The van der Waals surface area contributed by atoms with Gasteiger partial charge in [-0.15, -0.1) is 36.4 Å². The molecule has 0 nitrogen and oxygen atoms in total. The minimum Gasteiger partial charge on any atom is -0.199 e. The number of fused-ring (bicyclic) bond motifs is 1. The predicted molar refractivity (Wildman–Crippen MR) is 165 cm³/mol. The van der Waals surface area contributed by atoms with Crippen LogP contribution < -0.4 is 0 Å². The predicted octanol–water partition coefficient (Wildman–Crippen LogP) is 9.62. The molecule has 1 aliphatic rings. The molecule has 2 heteroatoms. The maximum atomic E-state index is 3.72. The molecule has 0 atom stereocenters. The zero-order valence-corrected chi connectivity index (χ0v) is 26.5. The summed E-state index contributed by atoms with van der Waals surface area (Å²) >= 11 is 0. The van der Waals surface area contributed by atoms with Gasteiger partial charge >= 0.3 is 21.7 Å². The molecular weight excluding hydrogens is 508 g/mol. The van der Waals surface area contributed by atoms with E-state index in [-0.39, 0.29) is 21.7 Å². The van der Waals surface area contributed by atoms with Gasteiger partial charge in [-0.05, 0) is 5.04 Å². The van der Waals surface area contributed by atoms with Crippen LogP contribution in [0.2, 0.25) is 5.04 Å². The Morgan fingerprint density at radius 2 is 1.08 bits per heavy atom. The zero-order valence-electron chi connectivity index (χ0n) is 23.9. The third-order valence-corrected chi connectivity index (χ3v) is 7.68. The van der Waals surface area contributed by atoms with E-state index in [4.69, 9.17) is 0 Å². The molecule has 0 amide bonds. The summed E-state index contributed by atoms with van der Waals surface area (Å²) in [6.07, 6.45) is 5.48. The van der Waals surface area contributed by atoms with Crippen LogP contribution in [0.4, 0.5) is 0 Å². The van der Waals surface area contributed by atoms with Crippen LogP contribution in [-0.2, 0) is 40.6 Å². The Balaban J connectivity index is 0.000000276. The fourth-order valence-corrected chi connectivity index (χ4v) is 5.12. The van der Waals surface area contributed by atoms with E-state index in [9.17, 15) is 0 Å². The van der Waals surface area contributed by atoms with Crippen molar-refractivity contribution < 1.29 is 21.7 Å². The molecule has 4 aromatic rings. The van der Waals surface area contributed by atoms with Gasteiger partial charge in [0, 0.05) is 9.52 Å². The van der Waals surface area contributed by atoms with E-state index in [1.165, 1.54) is 31.7 Å². The number of benzene rings is 3. The Morgan fingerprint density at radius 1 is 0.684 bits per heavy atom. The van der Waals surface area contributed by atoms with Crippen LogP contribution in [0.3, 0.4) is 0 Å². The Labute approximate surface area is 251 Å². The number of hydrogen-bond acceptors (Lipinski definition) is 0. The zero-order chi connectivity index (χ0) is 27.1. The van der Waals surface area contributed by atoms with Crippen LogP contribution in [0.25, 0.3) is 0 Å². The second kappa shape index (κ2) is 17.9. The van der Waals surface area contributed by atoms with Gasteiger partial charge in [-0.25, -0.2) is 0 Å². The van der Waals surface area contributed by atoms with Gasteiger partial charge in [-0.3, -0.25) is 0 Å². The quantitative estimate of drug-likeness (QED) is 0.172. The molecule has 0 N–H and O–H groups in total. The van der Waals surface area contributed by atoms with Gasteiger partial charge in [0.15, 0.2) is 0 Å². The normalized spacial score (nSPS) is 11.6. The van der Waals surface area contributed by atoms with Gasteiger partial charge in [0.1, 0.15) is 0 Å². The smallest absolute Gasteiger partial charge is 0.199 e. The molecule has 0 aromatic heterocycles. The first-order valence-electron chi connectivity index (χ1n) is 13.3. The van der Waals surface area contributed by atoms with Crippen molar-refractivity contribution in [3.05, 3.63) is 157 Å². The first-order chi connectivity index (χ1) is 17.7. The maximum Gasteiger partial charge on any atom is 4.00 e. The molecule has 0 bridgehead atoms. The van der Waals surface area contributed by atoms with Crippen LogP contribution >= 0.6 is 0 Å². The molecule has 0 saturated heterocycles. The molecule has 0 spiro atoms. The maximum absolute atomic E-state index is 3.72. The average Bonchev–Trinajstić information content (AvgIpc) is 3.21. The van der Waals surface area contributed by atoms with Crippen LogP contribution in [0.5, 0.6) is 0 Å². The van der Waals surface area contributed by atoms with Crippen LogP contribution in [-0.4, -0.2) is 9.52 Å². The Morgan fingerprint density at radius 3 is 1.42 bits per heavy atom. The van der Waals surface area contributed by atoms with Crippen LogP contribution in [0, 0.1) is 27.7 Å². The minimum absolute atomic E-state index is 0. The molecule has 0 unspecified atom stereocenters. The summed E-state index contributed by atoms with van der Waals surface area (Å²) in [7, 11) is 1.05. The van der Waals surface area contributed by atoms with E-state index in [1.807, 2.05) is 91.0 Å². The molecule has 5 rings (SSSR count). The summed E-state index contributed by atoms with van der Waals surface area (Å²) in [6.45, 7) is 20.5. The van der Waals surface area contributed by atoms with Gasteiger partial charge in [0.05, 0.1) is 0 Å². The van der Waals surface area contributed by atoms with E-state index in [1.54, 1.807) is 22.3 Å². The SMILES string of the molecule is Cc1c[c-](C[Si]C(C)(C)C)c2c1CCCC2.[CH2-]c1ccccc1.[CH2-]c1ccccc1.[CH2-]c1ccccc1.[Ti+4]. The van der Waals surface area contributed by atoms with E-state index in [0.717, 1.165) is 26.2 Å². The van der Waals surface area contributed by atoms with Gasteiger partial charge in [0.2, 0.25) is 0 Å². The van der Waals surface area contributed by atoms with Crippen molar-refractivity contribution in [2.45, 2.75) is 64.5 Å². The minimum atomic E-state index is 0. The number of rotatable bonds is 2. The molecule has 0 heterocycles.